The third kappa shape index (κ3) is 2.83. The molecule has 2 nitrogen and oxygen atoms in total. The number of hydrogen-bond acceptors (Lipinski definition) is 2. The second-order valence-corrected chi connectivity index (χ2v) is 3.89. The van der Waals surface area contributed by atoms with Gasteiger partial charge in [-0.15, -0.1) is 0 Å². The van der Waals surface area contributed by atoms with Crippen LogP contribution in [0.2, 0.25) is 0 Å². The van der Waals surface area contributed by atoms with Crippen molar-refractivity contribution in [3.8, 4) is 22.6 Å². The van der Waals surface area contributed by atoms with Crippen LogP contribution in [0.3, 0.4) is 0 Å². The third-order valence-corrected chi connectivity index (χ3v) is 2.65. The maximum atomic E-state index is 5.70. The van der Waals surface area contributed by atoms with Crippen molar-refractivity contribution in [1.29, 1.82) is 0 Å². The maximum Gasteiger partial charge on any atom is 0.130 e. The molecule has 0 aromatic heterocycles. The van der Waals surface area contributed by atoms with Gasteiger partial charge in [0.1, 0.15) is 11.5 Å². The monoisotopic (exact) mass is 242 g/mol. The van der Waals surface area contributed by atoms with E-state index in [1.807, 2.05) is 50.2 Å². The molecule has 0 radical (unpaired) electrons. The Kier molecular flexibility index (Phi) is 4.24. The van der Waals surface area contributed by atoms with Crippen LogP contribution in [-0.2, 0) is 0 Å². The lowest BCUT2D eigenvalue weighted by Crippen LogP contribution is -1.96. The highest BCUT2D eigenvalue weighted by molar-refractivity contribution is 5.71. The van der Waals surface area contributed by atoms with E-state index in [0.717, 1.165) is 22.6 Å². The van der Waals surface area contributed by atoms with Crippen LogP contribution in [0.4, 0.5) is 0 Å². The summed E-state index contributed by atoms with van der Waals surface area (Å²) in [7, 11) is 0. The van der Waals surface area contributed by atoms with Gasteiger partial charge in [0.2, 0.25) is 0 Å². The SMILES string of the molecule is CCOc1ccc(-c2ccccc2)c(OCC)c1. The highest BCUT2D eigenvalue weighted by Gasteiger charge is 2.07. The van der Waals surface area contributed by atoms with Crippen LogP contribution in [0.15, 0.2) is 48.5 Å². The number of rotatable bonds is 5. The van der Waals surface area contributed by atoms with Crippen LogP contribution >= 0.6 is 0 Å². The molecular formula is C16H18O2. The van der Waals surface area contributed by atoms with Gasteiger partial charge in [0.05, 0.1) is 13.2 Å². The summed E-state index contributed by atoms with van der Waals surface area (Å²) in [6.45, 7) is 5.28. The highest BCUT2D eigenvalue weighted by atomic mass is 16.5. The molecule has 2 aromatic rings. The van der Waals surface area contributed by atoms with Gasteiger partial charge in [-0.2, -0.15) is 0 Å². The maximum absolute atomic E-state index is 5.70. The first-order valence-electron chi connectivity index (χ1n) is 6.30. The van der Waals surface area contributed by atoms with Crippen molar-refractivity contribution in [1.82, 2.24) is 0 Å². The van der Waals surface area contributed by atoms with E-state index in [2.05, 4.69) is 12.1 Å². The summed E-state index contributed by atoms with van der Waals surface area (Å²) in [4.78, 5) is 0. The zero-order valence-corrected chi connectivity index (χ0v) is 10.8. The van der Waals surface area contributed by atoms with Gasteiger partial charge >= 0.3 is 0 Å². The van der Waals surface area contributed by atoms with Gasteiger partial charge in [-0.25, -0.2) is 0 Å². The fourth-order valence-electron chi connectivity index (χ4n) is 1.89. The molecule has 0 unspecified atom stereocenters. The first kappa shape index (κ1) is 12.5. The molecule has 2 heteroatoms. The zero-order valence-electron chi connectivity index (χ0n) is 10.8. The van der Waals surface area contributed by atoms with Crippen molar-refractivity contribution in [2.24, 2.45) is 0 Å². The van der Waals surface area contributed by atoms with Gasteiger partial charge < -0.3 is 9.47 Å². The summed E-state index contributed by atoms with van der Waals surface area (Å²) in [5.74, 6) is 1.72. The molecule has 0 bridgehead atoms. The summed E-state index contributed by atoms with van der Waals surface area (Å²) in [5, 5.41) is 0. The van der Waals surface area contributed by atoms with Crippen molar-refractivity contribution >= 4 is 0 Å². The predicted molar refractivity (Wildman–Crippen MR) is 74.2 cm³/mol. The molecule has 0 saturated carbocycles. The van der Waals surface area contributed by atoms with E-state index in [1.54, 1.807) is 0 Å². The van der Waals surface area contributed by atoms with Crippen molar-refractivity contribution in [2.75, 3.05) is 13.2 Å². The molecule has 0 aliphatic rings. The Morgan fingerprint density at radius 2 is 1.56 bits per heavy atom. The van der Waals surface area contributed by atoms with Gasteiger partial charge in [0, 0.05) is 11.6 Å². The van der Waals surface area contributed by atoms with Crippen LogP contribution in [0.25, 0.3) is 11.1 Å². The Balaban J connectivity index is 2.40. The summed E-state index contributed by atoms with van der Waals surface area (Å²) >= 11 is 0. The topological polar surface area (TPSA) is 18.5 Å². The van der Waals surface area contributed by atoms with Crippen LogP contribution in [0, 0.1) is 0 Å². The Hall–Kier alpha value is -1.96. The van der Waals surface area contributed by atoms with E-state index in [4.69, 9.17) is 9.47 Å². The lowest BCUT2D eigenvalue weighted by atomic mass is 10.0. The number of benzene rings is 2. The fourth-order valence-corrected chi connectivity index (χ4v) is 1.89. The normalized spacial score (nSPS) is 10.1. The minimum atomic E-state index is 0.648. The Morgan fingerprint density at radius 3 is 2.22 bits per heavy atom. The van der Waals surface area contributed by atoms with Gasteiger partial charge in [0.15, 0.2) is 0 Å². The van der Waals surface area contributed by atoms with E-state index in [0.29, 0.717) is 13.2 Å². The minimum absolute atomic E-state index is 0.648. The van der Waals surface area contributed by atoms with Gasteiger partial charge in [0.25, 0.3) is 0 Å². The first-order chi connectivity index (χ1) is 8.85. The molecule has 0 aliphatic carbocycles. The molecule has 18 heavy (non-hydrogen) atoms. The number of hydrogen-bond donors (Lipinski definition) is 0. The standard InChI is InChI=1S/C16H18O2/c1-3-17-14-10-11-15(16(12-14)18-4-2)13-8-6-5-7-9-13/h5-12H,3-4H2,1-2H3. The average molecular weight is 242 g/mol. The molecule has 0 aliphatic heterocycles. The molecule has 0 fully saturated rings. The Labute approximate surface area is 108 Å². The van der Waals surface area contributed by atoms with Crippen molar-refractivity contribution in [2.45, 2.75) is 13.8 Å². The third-order valence-electron chi connectivity index (χ3n) is 2.65. The fraction of sp³-hybridized carbons (Fsp3) is 0.250. The molecule has 0 atom stereocenters. The molecule has 0 amide bonds. The van der Waals surface area contributed by atoms with E-state index < -0.39 is 0 Å². The van der Waals surface area contributed by atoms with E-state index >= 15 is 0 Å². The van der Waals surface area contributed by atoms with Gasteiger partial charge in [-0.3, -0.25) is 0 Å². The summed E-state index contributed by atoms with van der Waals surface area (Å²) in [6, 6.07) is 16.2. The minimum Gasteiger partial charge on any atom is -0.494 e. The van der Waals surface area contributed by atoms with Gasteiger partial charge in [-0.1, -0.05) is 30.3 Å². The van der Waals surface area contributed by atoms with Crippen LogP contribution < -0.4 is 9.47 Å². The predicted octanol–water partition coefficient (Wildman–Crippen LogP) is 4.15. The smallest absolute Gasteiger partial charge is 0.130 e. The van der Waals surface area contributed by atoms with Crippen molar-refractivity contribution < 1.29 is 9.47 Å². The molecule has 2 rings (SSSR count). The van der Waals surface area contributed by atoms with E-state index in [1.165, 1.54) is 0 Å². The van der Waals surface area contributed by atoms with Gasteiger partial charge in [-0.05, 0) is 31.5 Å². The quantitative estimate of drug-likeness (QED) is 0.784. The second kappa shape index (κ2) is 6.10. The Bertz CT molecular complexity index is 492. The Morgan fingerprint density at radius 1 is 0.833 bits per heavy atom. The molecule has 0 spiro atoms. The lowest BCUT2D eigenvalue weighted by Gasteiger charge is -2.12. The lowest BCUT2D eigenvalue weighted by molar-refractivity contribution is 0.324. The molecule has 0 heterocycles. The summed E-state index contributed by atoms with van der Waals surface area (Å²) in [6.07, 6.45) is 0. The zero-order chi connectivity index (χ0) is 12.8. The molecule has 94 valence electrons. The average Bonchev–Trinajstić information content (AvgIpc) is 2.41. The molecule has 2 aromatic carbocycles. The molecule has 0 saturated heterocycles. The number of ether oxygens (including phenoxy) is 2. The van der Waals surface area contributed by atoms with Crippen molar-refractivity contribution in [3.63, 3.8) is 0 Å². The molecule has 0 N–H and O–H groups in total. The van der Waals surface area contributed by atoms with E-state index in [9.17, 15) is 0 Å². The summed E-state index contributed by atoms with van der Waals surface area (Å²) in [5.41, 5.74) is 2.25. The van der Waals surface area contributed by atoms with E-state index in [-0.39, 0.29) is 0 Å². The largest absolute Gasteiger partial charge is 0.494 e. The van der Waals surface area contributed by atoms with Crippen LogP contribution in [-0.4, -0.2) is 13.2 Å². The molecular weight excluding hydrogens is 224 g/mol. The highest BCUT2D eigenvalue weighted by Crippen LogP contribution is 2.33. The van der Waals surface area contributed by atoms with Crippen LogP contribution in [0.1, 0.15) is 13.8 Å². The first-order valence-corrected chi connectivity index (χ1v) is 6.30. The van der Waals surface area contributed by atoms with Crippen molar-refractivity contribution in [3.05, 3.63) is 48.5 Å². The summed E-state index contributed by atoms with van der Waals surface area (Å²) < 4.78 is 11.2. The van der Waals surface area contributed by atoms with Crippen LogP contribution in [0.5, 0.6) is 11.5 Å². The second-order valence-electron chi connectivity index (χ2n) is 3.89.